The van der Waals surface area contributed by atoms with Gasteiger partial charge in [0.2, 0.25) is 0 Å². The molecule has 0 saturated carbocycles. The van der Waals surface area contributed by atoms with Gasteiger partial charge in [0.15, 0.2) is 0 Å². The van der Waals surface area contributed by atoms with Gasteiger partial charge in [-0.1, -0.05) is 6.92 Å². The van der Waals surface area contributed by atoms with Gasteiger partial charge < -0.3 is 9.64 Å². The summed E-state index contributed by atoms with van der Waals surface area (Å²) < 4.78 is 5.07. The van der Waals surface area contributed by atoms with E-state index in [0.717, 1.165) is 44.8 Å². The van der Waals surface area contributed by atoms with Gasteiger partial charge in [-0.15, -0.1) is 11.6 Å². The predicted molar refractivity (Wildman–Crippen MR) is 74.9 cm³/mol. The SMILES string of the molecule is CCOC(=O)C1CCN(CCC(C)CCCl)CC1. The van der Waals surface area contributed by atoms with E-state index in [0.29, 0.717) is 12.5 Å². The van der Waals surface area contributed by atoms with Crippen LogP contribution in [0.3, 0.4) is 0 Å². The summed E-state index contributed by atoms with van der Waals surface area (Å²) in [5, 5.41) is 0. The Morgan fingerprint density at radius 1 is 1.39 bits per heavy atom. The number of rotatable bonds is 7. The fourth-order valence-corrected chi connectivity index (χ4v) is 2.76. The summed E-state index contributed by atoms with van der Waals surface area (Å²) in [5.74, 6) is 1.57. The Labute approximate surface area is 116 Å². The van der Waals surface area contributed by atoms with Crippen molar-refractivity contribution < 1.29 is 9.53 Å². The average Bonchev–Trinajstić information content (AvgIpc) is 2.37. The van der Waals surface area contributed by atoms with Crippen LogP contribution >= 0.6 is 11.6 Å². The van der Waals surface area contributed by atoms with Crippen molar-refractivity contribution in [2.45, 2.75) is 39.5 Å². The molecule has 1 rings (SSSR count). The Morgan fingerprint density at radius 2 is 2.06 bits per heavy atom. The quantitative estimate of drug-likeness (QED) is 0.529. The molecule has 1 fully saturated rings. The Morgan fingerprint density at radius 3 is 2.61 bits per heavy atom. The summed E-state index contributed by atoms with van der Waals surface area (Å²) >= 11 is 5.74. The highest BCUT2D eigenvalue weighted by Crippen LogP contribution is 2.20. The van der Waals surface area contributed by atoms with E-state index in [2.05, 4.69) is 11.8 Å². The highest BCUT2D eigenvalue weighted by atomic mass is 35.5. The van der Waals surface area contributed by atoms with Crippen molar-refractivity contribution in [3.63, 3.8) is 0 Å². The summed E-state index contributed by atoms with van der Waals surface area (Å²) in [7, 11) is 0. The Balaban J connectivity index is 2.17. The molecule has 1 aliphatic rings. The molecule has 1 atom stereocenters. The Bertz CT molecular complexity index is 240. The molecule has 0 aromatic carbocycles. The second-order valence-corrected chi connectivity index (χ2v) is 5.62. The van der Waals surface area contributed by atoms with Gasteiger partial charge in [-0.25, -0.2) is 0 Å². The molecule has 0 N–H and O–H groups in total. The van der Waals surface area contributed by atoms with Crippen molar-refractivity contribution in [3.8, 4) is 0 Å². The number of carbonyl (C=O) groups excluding carboxylic acids is 1. The molecule has 3 nitrogen and oxygen atoms in total. The molecule has 0 spiro atoms. The fraction of sp³-hybridized carbons (Fsp3) is 0.929. The molecule has 0 amide bonds. The van der Waals surface area contributed by atoms with Crippen LogP contribution in [-0.2, 0) is 9.53 Å². The fourth-order valence-electron chi connectivity index (χ4n) is 2.39. The Kier molecular flexibility index (Phi) is 7.68. The van der Waals surface area contributed by atoms with Gasteiger partial charge in [-0.3, -0.25) is 4.79 Å². The van der Waals surface area contributed by atoms with Crippen LogP contribution in [0.15, 0.2) is 0 Å². The minimum atomic E-state index is -0.00680. The molecule has 1 heterocycles. The first kappa shape index (κ1) is 15.8. The first-order valence-corrected chi connectivity index (χ1v) is 7.65. The van der Waals surface area contributed by atoms with Crippen molar-refractivity contribution >= 4 is 17.6 Å². The number of hydrogen-bond acceptors (Lipinski definition) is 3. The summed E-state index contributed by atoms with van der Waals surface area (Å²) in [6.45, 7) is 7.80. The summed E-state index contributed by atoms with van der Waals surface area (Å²) in [6, 6.07) is 0. The second-order valence-electron chi connectivity index (χ2n) is 5.24. The molecule has 0 radical (unpaired) electrons. The van der Waals surface area contributed by atoms with Crippen molar-refractivity contribution in [2.75, 3.05) is 32.1 Å². The molecule has 0 aromatic rings. The van der Waals surface area contributed by atoms with Crippen molar-refractivity contribution in [1.82, 2.24) is 4.90 Å². The van der Waals surface area contributed by atoms with Crippen LogP contribution in [0, 0.1) is 11.8 Å². The zero-order valence-electron chi connectivity index (χ0n) is 11.7. The van der Waals surface area contributed by atoms with Crippen LogP contribution in [-0.4, -0.2) is 43.0 Å². The lowest BCUT2D eigenvalue weighted by molar-refractivity contribution is -0.149. The zero-order valence-corrected chi connectivity index (χ0v) is 12.4. The highest BCUT2D eigenvalue weighted by Gasteiger charge is 2.25. The third-order valence-electron chi connectivity index (χ3n) is 3.75. The lowest BCUT2D eigenvalue weighted by atomic mass is 9.96. The van der Waals surface area contributed by atoms with Crippen molar-refractivity contribution in [2.24, 2.45) is 11.8 Å². The summed E-state index contributed by atoms with van der Waals surface area (Å²) in [5.41, 5.74) is 0. The lowest BCUT2D eigenvalue weighted by Crippen LogP contribution is -2.37. The van der Waals surface area contributed by atoms with Gasteiger partial charge in [0.05, 0.1) is 12.5 Å². The highest BCUT2D eigenvalue weighted by molar-refractivity contribution is 6.17. The topological polar surface area (TPSA) is 29.5 Å². The minimum absolute atomic E-state index is 0.00680. The van der Waals surface area contributed by atoms with Gasteiger partial charge in [0, 0.05) is 5.88 Å². The van der Waals surface area contributed by atoms with E-state index < -0.39 is 0 Å². The molecule has 18 heavy (non-hydrogen) atoms. The van der Waals surface area contributed by atoms with E-state index in [1.807, 2.05) is 6.92 Å². The number of carbonyl (C=O) groups is 1. The molecule has 1 unspecified atom stereocenters. The second kappa shape index (κ2) is 8.76. The molecule has 4 heteroatoms. The number of hydrogen-bond donors (Lipinski definition) is 0. The number of piperidine rings is 1. The maximum atomic E-state index is 11.6. The smallest absolute Gasteiger partial charge is 0.309 e. The average molecular weight is 276 g/mol. The maximum Gasteiger partial charge on any atom is 0.309 e. The van der Waals surface area contributed by atoms with Gasteiger partial charge in [-0.05, 0) is 58.2 Å². The molecule has 0 aromatic heterocycles. The monoisotopic (exact) mass is 275 g/mol. The summed E-state index contributed by atoms with van der Waals surface area (Å²) in [4.78, 5) is 14.1. The molecular formula is C14H26ClNO2. The lowest BCUT2D eigenvalue weighted by Gasteiger charge is -2.31. The number of nitrogens with zero attached hydrogens (tertiary/aromatic N) is 1. The van der Waals surface area contributed by atoms with E-state index in [1.165, 1.54) is 6.42 Å². The molecule has 1 aliphatic heterocycles. The molecule has 0 aliphatic carbocycles. The van der Waals surface area contributed by atoms with Crippen LogP contribution in [0.1, 0.15) is 39.5 Å². The van der Waals surface area contributed by atoms with E-state index >= 15 is 0 Å². The number of likely N-dealkylation sites (tertiary alicyclic amines) is 1. The maximum absolute atomic E-state index is 11.6. The van der Waals surface area contributed by atoms with Gasteiger partial charge in [-0.2, -0.15) is 0 Å². The molecule has 0 bridgehead atoms. The molecule has 1 saturated heterocycles. The Hall–Kier alpha value is -0.280. The van der Waals surface area contributed by atoms with Crippen LogP contribution in [0.2, 0.25) is 0 Å². The standard InChI is InChI=1S/C14H26ClNO2/c1-3-18-14(17)13-6-10-16(11-7-13)9-5-12(2)4-8-15/h12-13H,3-11H2,1-2H3. The predicted octanol–water partition coefficient (Wildman–Crippen LogP) is 2.92. The third kappa shape index (κ3) is 5.57. The number of alkyl halides is 1. The van der Waals surface area contributed by atoms with Gasteiger partial charge >= 0.3 is 5.97 Å². The van der Waals surface area contributed by atoms with Crippen LogP contribution in [0.5, 0.6) is 0 Å². The van der Waals surface area contributed by atoms with Crippen molar-refractivity contribution in [3.05, 3.63) is 0 Å². The van der Waals surface area contributed by atoms with Gasteiger partial charge in [0.25, 0.3) is 0 Å². The summed E-state index contributed by atoms with van der Waals surface area (Å²) in [6.07, 6.45) is 4.20. The van der Waals surface area contributed by atoms with Crippen LogP contribution in [0.25, 0.3) is 0 Å². The number of esters is 1. The van der Waals surface area contributed by atoms with E-state index in [1.54, 1.807) is 0 Å². The van der Waals surface area contributed by atoms with Crippen LogP contribution < -0.4 is 0 Å². The third-order valence-corrected chi connectivity index (χ3v) is 3.97. The van der Waals surface area contributed by atoms with Crippen molar-refractivity contribution in [1.29, 1.82) is 0 Å². The normalized spacial score (nSPS) is 19.7. The largest absolute Gasteiger partial charge is 0.466 e. The van der Waals surface area contributed by atoms with E-state index in [9.17, 15) is 4.79 Å². The van der Waals surface area contributed by atoms with E-state index in [4.69, 9.17) is 16.3 Å². The molecular weight excluding hydrogens is 250 g/mol. The first-order valence-electron chi connectivity index (χ1n) is 7.12. The minimum Gasteiger partial charge on any atom is -0.466 e. The van der Waals surface area contributed by atoms with E-state index in [-0.39, 0.29) is 11.9 Å². The number of ether oxygens (including phenoxy) is 1. The van der Waals surface area contributed by atoms with Crippen LogP contribution in [0.4, 0.5) is 0 Å². The zero-order chi connectivity index (χ0) is 13.4. The first-order chi connectivity index (χ1) is 8.67. The molecule has 106 valence electrons. The van der Waals surface area contributed by atoms with Gasteiger partial charge in [0.1, 0.15) is 0 Å². The number of halogens is 1.